The summed E-state index contributed by atoms with van der Waals surface area (Å²) in [5.74, 6) is 1.53. The zero-order valence-electron chi connectivity index (χ0n) is 14.6. The fourth-order valence-electron chi connectivity index (χ4n) is 2.30. The van der Waals surface area contributed by atoms with Crippen molar-refractivity contribution in [1.82, 2.24) is 25.4 Å². The molecule has 7 heteroatoms. The van der Waals surface area contributed by atoms with Gasteiger partial charge in [-0.25, -0.2) is 4.79 Å². The molecular formula is C17H25N5O2. The molecule has 0 aliphatic carbocycles. The van der Waals surface area contributed by atoms with Crippen molar-refractivity contribution >= 4 is 6.03 Å². The maximum absolute atomic E-state index is 12.1. The lowest BCUT2D eigenvalue weighted by atomic mass is 10.1. The van der Waals surface area contributed by atoms with E-state index in [0.29, 0.717) is 6.54 Å². The summed E-state index contributed by atoms with van der Waals surface area (Å²) in [5, 5.41) is 13.5. The molecule has 1 atom stereocenters. The second-order valence-electron chi connectivity index (χ2n) is 5.82. The number of ether oxygens (including phenoxy) is 1. The molecule has 24 heavy (non-hydrogen) atoms. The fraction of sp³-hybridized carbons (Fsp3) is 0.471. The standard InChI is InChI=1S/C17H25N5O2/c1-5-22-11-19-21-16(22)10-18-17(23)20-13(4)14-7-6-8-15(9-14)24-12(2)3/h6-9,11-13H,5,10H2,1-4H3,(H2,18,20,23)/t13-/m1/s1. The number of benzene rings is 1. The lowest BCUT2D eigenvalue weighted by molar-refractivity contribution is 0.236. The van der Waals surface area contributed by atoms with E-state index in [1.165, 1.54) is 0 Å². The van der Waals surface area contributed by atoms with Crippen LogP contribution in [0.4, 0.5) is 4.79 Å². The number of aryl methyl sites for hydroxylation is 1. The van der Waals surface area contributed by atoms with Crippen LogP contribution in [0, 0.1) is 0 Å². The van der Waals surface area contributed by atoms with Crippen LogP contribution in [0.2, 0.25) is 0 Å². The minimum Gasteiger partial charge on any atom is -0.491 e. The van der Waals surface area contributed by atoms with Gasteiger partial charge in [0.2, 0.25) is 0 Å². The molecule has 0 spiro atoms. The molecule has 2 amide bonds. The van der Waals surface area contributed by atoms with Crippen LogP contribution in [0.3, 0.4) is 0 Å². The summed E-state index contributed by atoms with van der Waals surface area (Å²) >= 11 is 0. The van der Waals surface area contributed by atoms with Crippen molar-refractivity contribution in [2.24, 2.45) is 0 Å². The summed E-state index contributed by atoms with van der Waals surface area (Å²) in [6, 6.07) is 7.36. The van der Waals surface area contributed by atoms with Crippen LogP contribution in [0.25, 0.3) is 0 Å². The summed E-state index contributed by atoms with van der Waals surface area (Å²) in [4.78, 5) is 12.1. The molecule has 0 bridgehead atoms. The topological polar surface area (TPSA) is 81.1 Å². The van der Waals surface area contributed by atoms with Gasteiger partial charge in [-0.1, -0.05) is 12.1 Å². The van der Waals surface area contributed by atoms with Gasteiger partial charge in [-0.05, 0) is 45.4 Å². The lowest BCUT2D eigenvalue weighted by Gasteiger charge is -2.17. The van der Waals surface area contributed by atoms with Crippen molar-refractivity contribution in [2.45, 2.75) is 52.9 Å². The minimum absolute atomic E-state index is 0.114. The Morgan fingerprint density at radius 3 is 2.83 bits per heavy atom. The zero-order chi connectivity index (χ0) is 17.5. The first-order valence-corrected chi connectivity index (χ1v) is 8.17. The Kier molecular flexibility index (Phi) is 6.17. The van der Waals surface area contributed by atoms with Crippen molar-refractivity contribution in [3.8, 4) is 5.75 Å². The van der Waals surface area contributed by atoms with Gasteiger partial charge in [0.15, 0.2) is 5.82 Å². The highest BCUT2D eigenvalue weighted by Gasteiger charge is 2.11. The van der Waals surface area contributed by atoms with Crippen LogP contribution in [0.15, 0.2) is 30.6 Å². The third kappa shape index (κ3) is 4.97. The highest BCUT2D eigenvalue weighted by Crippen LogP contribution is 2.20. The zero-order valence-corrected chi connectivity index (χ0v) is 14.6. The molecule has 1 aromatic carbocycles. The maximum Gasteiger partial charge on any atom is 0.315 e. The average Bonchev–Trinajstić information content (AvgIpc) is 3.00. The van der Waals surface area contributed by atoms with Crippen LogP contribution in [0.5, 0.6) is 5.75 Å². The predicted molar refractivity (Wildman–Crippen MR) is 91.7 cm³/mol. The number of nitrogens with one attached hydrogen (secondary N) is 2. The Morgan fingerprint density at radius 2 is 2.12 bits per heavy atom. The number of hydrogen-bond acceptors (Lipinski definition) is 4. The third-order valence-electron chi connectivity index (χ3n) is 3.52. The summed E-state index contributed by atoms with van der Waals surface area (Å²) < 4.78 is 7.57. The second-order valence-corrected chi connectivity index (χ2v) is 5.82. The SMILES string of the molecule is CCn1cnnc1CNC(=O)N[C@H](C)c1cccc(OC(C)C)c1. The molecule has 130 valence electrons. The first-order chi connectivity index (χ1) is 11.5. The molecule has 0 fully saturated rings. The molecule has 2 rings (SSSR count). The van der Waals surface area contributed by atoms with Gasteiger partial charge in [0.25, 0.3) is 0 Å². The Hall–Kier alpha value is -2.57. The van der Waals surface area contributed by atoms with Crippen LogP contribution >= 0.6 is 0 Å². The van der Waals surface area contributed by atoms with Gasteiger partial charge in [-0.3, -0.25) is 0 Å². The van der Waals surface area contributed by atoms with Crippen molar-refractivity contribution in [3.05, 3.63) is 42.0 Å². The molecule has 0 unspecified atom stereocenters. The van der Waals surface area contributed by atoms with Crippen LogP contribution in [-0.2, 0) is 13.1 Å². The smallest absolute Gasteiger partial charge is 0.315 e. The number of amides is 2. The monoisotopic (exact) mass is 331 g/mol. The Morgan fingerprint density at radius 1 is 1.33 bits per heavy atom. The second kappa shape index (κ2) is 8.33. The maximum atomic E-state index is 12.1. The molecule has 0 saturated heterocycles. The minimum atomic E-state index is -0.247. The fourth-order valence-corrected chi connectivity index (χ4v) is 2.30. The largest absolute Gasteiger partial charge is 0.491 e. The van der Waals surface area contributed by atoms with E-state index in [0.717, 1.165) is 23.7 Å². The molecule has 0 radical (unpaired) electrons. The summed E-state index contributed by atoms with van der Waals surface area (Å²) in [6.45, 7) is 9.01. The number of nitrogens with zero attached hydrogens (tertiary/aromatic N) is 3. The number of carbonyl (C=O) groups is 1. The number of aromatic nitrogens is 3. The summed E-state index contributed by atoms with van der Waals surface area (Å²) in [7, 11) is 0. The highest BCUT2D eigenvalue weighted by atomic mass is 16.5. The third-order valence-corrected chi connectivity index (χ3v) is 3.52. The quantitative estimate of drug-likeness (QED) is 0.817. The van der Waals surface area contributed by atoms with Crippen molar-refractivity contribution < 1.29 is 9.53 Å². The van der Waals surface area contributed by atoms with Gasteiger partial charge >= 0.3 is 6.03 Å². The van der Waals surface area contributed by atoms with E-state index < -0.39 is 0 Å². The van der Waals surface area contributed by atoms with Gasteiger partial charge in [0, 0.05) is 6.54 Å². The molecule has 1 aromatic heterocycles. The summed E-state index contributed by atoms with van der Waals surface area (Å²) in [5.41, 5.74) is 0.986. The van der Waals surface area contributed by atoms with E-state index in [4.69, 9.17) is 4.74 Å². The van der Waals surface area contributed by atoms with Gasteiger partial charge in [-0.15, -0.1) is 10.2 Å². The van der Waals surface area contributed by atoms with E-state index >= 15 is 0 Å². The molecule has 0 saturated carbocycles. The highest BCUT2D eigenvalue weighted by molar-refractivity contribution is 5.74. The molecule has 0 aliphatic rings. The van der Waals surface area contributed by atoms with Crippen LogP contribution in [-0.4, -0.2) is 26.9 Å². The number of hydrogen-bond donors (Lipinski definition) is 2. The lowest BCUT2D eigenvalue weighted by Crippen LogP contribution is -2.37. The van der Waals surface area contributed by atoms with Crippen LogP contribution < -0.4 is 15.4 Å². The Bertz CT molecular complexity index is 669. The molecular weight excluding hydrogens is 306 g/mol. The van der Waals surface area contributed by atoms with E-state index in [9.17, 15) is 4.79 Å². The van der Waals surface area contributed by atoms with E-state index in [2.05, 4.69) is 20.8 Å². The number of carbonyl (C=O) groups excluding carboxylic acids is 1. The Balaban J connectivity index is 1.89. The van der Waals surface area contributed by atoms with Crippen molar-refractivity contribution in [3.63, 3.8) is 0 Å². The van der Waals surface area contributed by atoms with E-state index in [1.54, 1.807) is 6.33 Å². The first kappa shape index (κ1) is 17.8. The van der Waals surface area contributed by atoms with Gasteiger partial charge in [0.05, 0.1) is 18.7 Å². The molecule has 0 aliphatic heterocycles. The van der Waals surface area contributed by atoms with Gasteiger partial charge in [0.1, 0.15) is 12.1 Å². The van der Waals surface area contributed by atoms with Crippen LogP contribution in [0.1, 0.15) is 45.1 Å². The predicted octanol–water partition coefficient (Wildman–Crippen LogP) is 2.65. The number of rotatable bonds is 7. The van der Waals surface area contributed by atoms with Crippen molar-refractivity contribution in [1.29, 1.82) is 0 Å². The van der Waals surface area contributed by atoms with Crippen molar-refractivity contribution in [2.75, 3.05) is 0 Å². The first-order valence-electron chi connectivity index (χ1n) is 8.17. The van der Waals surface area contributed by atoms with Gasteiger partial charge in [-0.2, -0.15) is 0 Å². The molecule has 2 aromatic rings. The molecule has 1 heterocycles. The van der Waals surface area contributed by atoms with E-state index in [-0.39, 0.29) is 18.2 Å². The average molecular weight is 331 g/mol. The summed E-state index contributed by atoms with van der Waals surface area (Å²) in [6.07, 6.45) is 1.76. The van der Waals surface area contributed by atoms with Gasteiger partial charge < -0.3 is 19.9 Å². The molecule has 7 nitrogen and oxygen atoms in total. The van der Waals surface area contributed by atoms with E-state index in [1.807, 2.05) is 56.5 Å². The Labute approximate surface area is 142 Å². The number of urea groups is 1. The normalized spacial score (nSPS) is 12.0. The molecule has 2 N–H and O–H groups in total.